The Kier molecular flexibility index (Phi) is 6.00. The van der Waals surface area contributed by atoms with E-state index in [1.165, 1.54) is 21.7 Å². The third-order valence-electron chi connectivity index (χ3n) is 5.39. The van der Waals surface area contributed by atoms with Gasteiger partial charge in [0.2, 0.25) is 5.91 Å². The normalized spacial score (nSPS) is 20.1. The molecule has 0 aromatic carbocycles. The molecular formula is C19H20ClN3O3S3. The van der Waals surface area contributed by atoms with E-state index in [4.69, 9.17) is 11.6 Å². The van der Waals surface area contributed by atoms with Gasteiger partial charge in [-0.15, -0.1) is 22.7 Å². The van der Waals surface area contributed by atoms with Crippen LogP contribution in [0, 0.1) is 11.3 Å². The Bertz CT molecular complexity index is 1080. The fraction of sp³-hybridized carbons (Fsp3) is 0.474. The van der Waals surface area contributed by atoms with E-state index in [1.54, 1.807) is 6.07 Å². The molecule has 2 aliphatic rings. The number of nitrogens with one attached hydrogen (secondary N) is 1. The summed E-state index contributed by atoms with van der Waals surface area (Å²) < 4.78 is 28.0. The predicted molar refractivity (Wildman–Crippen MR) is 115 cm³/mol. The molecule has 3 heterocycles. The van der Waals surface area contributed by atoms with Crippen LogP contribution in [0.5, 0.6) is 0 Å². The molecule has 6 nitrogen and oxygen atoms in total. The lowest BCUT2D eigenvalue weighted by atomic mass is 9.96. The Hall–Kier alpha value is -1.44. The maximum absolute atomic E-state index is 13.1. The number of anilines is 1. The van der Waals surface area contributed by atoms with Crippen LogP contribution in [-0.4, -0.2) is 31.2 Å². The highest BCUT2D eigenvalue weighted by molar-refractivity contribution is 7.91. The van der Waals surface area contributed by atoms with E-state index >= 15 is 0 Å². The fourth-order valence-corrected chi connectivity index (χ4v) is 8.49. The van der Waals surface area contributed by atoms with Gasteiger partial charge in [0, 0.05) is 11.4 Å². The largest absolute Gasteiger partial charge is 0.315 e. The molecule has 1 atom stereocenters. The van der Waals surface area contributed by atoms with Crippen molar-refractivity contribution >= 4 is 55.2 Å². The first-order chi connectivity index (χ1) is 13.9. The summed E-state index contributed by atoms with van der Waals surface area (Å²) in [6.07, 6.45) is 5.85. The quantitative estimate of drug-likeness (QED) is 0.718. The molecule has 1 amide bonds. The van der Waals surface area contributed by atoms with Gasteiger partial charge in [0.15, 0.2) is 0 Å². The summed E-state index contributed by atoms with van der Waals surface area (Å²) in [4.78, 5) is 14.3. The molecule has 1 aliphatic heterocycles. The van der Waals surface area contributed by atoms with E-state index in [-0.39, 0.29) is 10.1 Å². The molecule has 154 valence electrons. The molecule has 1 fully saturated rings. The monoisotopic (exact) mass is 469 g/mol. The predicted octanol–water partition coefficient (Wildman–Crippen LogP) is 4.40. The van der Waals surface area contributed by atoms with E-state index in [1.807, 2.05) is 0 Å². The van der Waals surface area contributed by atoms with Crippen LogP contribution < -0.4 is 5.32 Å². The molecule has 1 aliphatic carbocycles. The summed E-state index contributed by atoms with van der Waals surface area (Å²) in [5.74, 6) is -0.369. The summed E-state index contributed by atoms with van der Waals surface area (Å²) in [5.41, 5.74) is 1.58. The number of hydrogen-bond acceptors (Lipinski definition) is 6. The van der Waals surface area contributed by atoms with Gasteiger partial charge in [0.25, 0.3) is 10.0 Å². The van der Waals surface area contributed by atoms with Crippen molar-refractivity contribution in [2.45, 2.75) is 55.2 Å². The van der Waals surface area contributed by atoms with Gasteiger partial charge in [-0.05, 0) is 56.2 Å². The van der Waals surface area contributed by atoms with Crippen LogP contribution in [0.25, 0.3) is 0 Å². The molecule has 2 aromatic heterocycles. The van der Waals surface area contributed by atoms with Crippen LogP contribution in [0.1, 0.15) is 48.1 Å². The van der Waals surface area contributed by atoms with Gasteiger partial charge in [-0.3, -0.25) is 4.79 Å². The van der Waals surface area contributed by atoms with Gasteiger partial charge >= 0.3 is 0 Å². The third kappa shape index (κ3) is 3.97. The smallest absolute Gasteiger partial charge is 0.253 e. The van der Waals surface area contributed by atoms with Crippen molar-refractivity contribution in [1.82, 2.24) is 4.31 Å². The lowest BCUT2D eigenvalue weighted by Gasteiger charge is -2.33. The van der Waals surface area contributed by atoms with E-state index in [2.05, 4.69) is 11.4 Å². The number of halogens is 1. The minimum Gasteiger partial charge on any atom is -0.315 e. The fourth-order valence-electron chi connectivity index (χ4n) is 3.97. The van der Waals surface area contributed by atoms with Crippen molar-refractivity contribution in [2.75, 3.05) is 11.9 Å². The van der Waals surface area contributed by atoms with E-state index in [0.717, 1.165) is 53.9 Å². The molecule has 4 rings (SSSR count). The summed E-state index contributed by atoms with van der Waals surface area (Å²) in [6.45, 7) is 0.294. The Balaban J connectivity index is 1.60. The van der Waals surface area contributed by atoms with Gasteiger partial charge in [-0.25, -0.2) is 8.42 Å². The molecule has 0 radical (unpaired) electrons. The van der Waals surface area contributed by atoms with Gasteiger partial charge in [0.1, 0.15) is 21.3 Å². The Morgan fingerprint density at radius 2 is 2.00 bits per heavy atom. The van der Waals surface area contributed by atoms with Crippen molar-refractivity contribution in [3.8, 4) is 6.07 Å². The van der Waals surface area contributed by atoms with Crippen molar-refractivity contribution in [2.24, 2.45) is 0 Å². The maximum atomic E-state index is 13.1. The second-order valence-electron chi connectivity index (χ2n) is 7.20. The Morgan fingerprint density at radius 1 is 1.21 bits per heavy atom. The number of carbonyl (C=O) groups is 1. The van der Waals surface area contributed by atoms with Crippen molar-refractivity contribution in [3.05, 3.63) is 32.5 Å². The second-order valence-corrected chi connectivity index (χ2v) is 12.1. The second kappa shape index (κ2) is 8.36. The van der Waals surface area contributed by atoms with Crippen molar-refractivity contribution in [3.63, 3.8) is 0 Å². The van der Waals surface area contributed by atoms with Crippen LogP contribution in [0.15, 0.2) is 16.3 Å². The molecule has 1 saturated heterocycles. The van der Waals surface area contributed by atoms with E-state index in [0.29, 0.717) is 34.3 Å². The first kappa shape index (κ1) is 20.8. The first-order valence-corrected chi connectivity index (χ1v) is 13.0. The zero-order valence-corrected chi connectivity index (χ0v) is 18.8. The number of thiophene rings is 2. The Morgan fingerprint density at radius 3 is 2.72 bits per heavy atom. The molecule has 0 spiro atoms. The minimum absolute atomic E-state index is 0.145. The number of rotatable bonds is 4. The van der Waals surface area contributed by atoms with Crippen LogP contribution in [0.2, 0.25) is 4.34 Å². The highest BCUT2D eigenvalue weighted by atomic mass is 35.5. The van der Waals surface area contributed by atoms with Gasteiger partial charge in [-0.1, -0.05) is 18.0 Å². The number of nitrogens with zero attached hydrogens (tertiary/aromatic N) is 2. The highest BCUT2D eigenvalue weighted by Gasteiger charge is 2.39. The molecule has 1 N–H and O–H groups in total. The van der Waals surface area contributed by atoms with Crippen molar-refractivity contribution in [1.29, 1.82) is 5.26 Å². The van der Waals surface area contributed by atoms with Gasteiger partial charge in [0.05, 0.1) is 9.90 Å². The average molecular weight is 470 g/mol. The number of piperidine rings is 1. The number of sulfonamides is 1. The number of fused-ring (bicyclic) bond motifs is 1. The zero-order valence-electron chi connectivity index (χ0n) is 15.6. The standard InChI is InChI=1S/C19H20ClN3O3S3/c20-16-8-9-17(28-16)29(25,26)23-10-4-3-6-14(23)18(24)22-19-13(11-21)12-5-1-2-7-15(12)27-19/h8-9,14H,1-7,10H2,(H,22,24). The molecule has 1 unspecified atom stereocenters. The SMILES string of the molecule is N#Cc1c(NC(=O)C2CCCCN2S(=O)(=O)c2ccc(Cl)s2)sc2c1CCCC2. The summed E-state index contributed by atoms with van der Waals surface area (Å²) in [6, 6.07) is 4.47. The number of nitriles is 1. The molecule has 10 heteroatoms. The summed E-state index contributed by atoms with van der Waals surface area (Å²) >= 11 is 8.36. The van der Waals surface area contributed by atoms with Crippen LogP contribution in [0.4, 0.5) is 5.00 Å². The lowest BCUT2D eigenvalue weighted by Crippen LogP contribution is -2.49. The molecule has 0 bridgehead atoms. The summed E-state index contributed by atoms with van der Waals surface area (Å²) in [7, 11) is -3.80. The third-order valence-corrected chi connectivity index (χ3v) is 10.2. The van der Waals surface area contributed by atoms with Gasteiger partial charge in [-0.2, -0.15) is 9.57 Å². The topological polar surface area (TPSA) is 90.3 Å². The number of hydrogen-bond donors (Lipinski definition) is 1. The molecule has 2 aromatic rings. The molecule has 0 saturated carbocycles. The molecule has 29 heavy (non-hydrogen) atoms. The number of carbonyl (C=O) groups excluding carboxylic acids is 1. The average Bonchev–Trinajstić information content (AvgIpc) is 3.31. The first-order valence-electron chi connectivity index (χ1n) is 9.54. The van der Waals surface area contributed by atoms with Crippen molar-refractivity contribution < 1.29 is 13.2 Å². The molecular weight excluding hydrogens is 450 g/mol. The summed E-state index contributed by atoms with van der Waals surface area (Å²) in [5, 5.41) is 13.0. The van der Waals surface area contributed by atoms with E-state index in [9.17, 15) is 18.5 Å². The maximum Gasteiger partial charge on any atom is 0.253 e. The zero-order chi connectivity index (χ0) is 20.6. The number of amides is 1. The number of aryl methyl sites for hydroxylation is 1. The Labute approximate surface area is 183 Å². The van der Waals surface area contributed by atoms with E-state index < -0.39 is 16.1 Å². The van der Waals surface area contributed by atoms with Gasteiger partial charge < -0.3 is 5.32 Å². The minimum atomic E-state index is -3.80. The van der Waals surface area contributed by atoms with Crippen LogP contribution in [0.3, 0.4) is 0 Å². The van der Waals surface area contributed by atoms with Crippen LogP contribution >= 0.6 is 34.3 Å². The van der Waals surface area contributed by atoms with Crippen LogP contribution in [-0.2, 0) is 27.7 Å². The highest BCUT2D eigenvalue weighted by Crippen LogP contribution is 2.38. The lowest BCUT2D eigenvalue weighted by molar-refractivity contribution is -0.120.